The summed E-state index contributed by atoms with van der Waals surface area (Å²) in [5.41, 5.74) is -0.399. The molecule has 9 heteroatoms. The van der Waals surface area contributed by atoms with Crippen LogP contribution in [0.4, 0.5) is 5.69 Å². The first kappa shape index (κ1) is 18.2. The molecule has 1 N–H and O–H groups in total. The minimum Gasteiger partial charge on any atom is -0.493 e. The maximum Gasteiger partial charge on any atom is 0.315 e. The Kier molecular flexibility index (Phi) is 5.88. The SMILES string of the molecule is COc1cc(C(=O)N(C)CC(C)C(=O)O)cc([N+](=O)[O-])c1OC. The average Bonchev–Trinajstić information content (AvgIpc) is 2.52. The zero-order valence-corrected chi connectivity index (χ0v) is 13.2. The van der Waals surface area contributed by atoms with Crippen LogP contribution in [0.2, 0.25) is 0 Å². The number of aliphatic carboxylic acids is 1. The van der Waals surface area contributed by atoms with Crippen molar-refractivity contribution in [1.29, 1.82) is 0 Å². The molecule has 126 valence electrons. The van der Waals surface area contributed by atoms with E-state index in [9.17, 15) is 19.7 Å². The molecule has 0 aliphatic rings. The number of nitro groups is 1. The van der Waals surface area contributed by atoms with Crippen molar-refractivity contribution in [3.63, 3.8) is 0 Å². The van der Waals surface area contributed by atoms with Gasteiger partial charge in [0.15, 0.2) is 5.75 Å². The van der Waals surface area contributed by atoms with Crippen LogP contribution in [0.5, 0.6) is 11.5 Å². The van der Waals surface area contributed by atoms with Gasteiger partial charge < -0.3 is 19.5 Å². The van der Waals surface area contributed by atoms with Gasteiger partial charge in [0.05, 0.1) is 30.6 Å². The third-order valence-electron chi connectivity index (χ3n) is 3.22. The van der Waals surface area contributed by atoms with Gasteiger partial charge in [0.2, 0.25) is 5.75 Å². The largest absolute Gasteiger partial charge is 0.493 e. The lowest BCUT2D eigenvalue weighted by molar-refractivity contribution is -0.385. The Morgan fingerprint density at radius 3 is 2.39 bits per heavy atom. The zero-order valence-electron chi connectivity index (χ0n) is 13.2. The molecule has 23 heavy (non-hydrogen) atoms. The number of carboxylic acid groups (broad SMARTS) is 1. The average molecular weight is 326 g/mol. The number of ether oxygens (including phenoxy) is 2. The summed E-state index contributed by atoms with van der Waals surface area (Å²) in [6, 6.07) is 2.39. The molecule has 0 fully saturated rings. The number of nitrogens with zero attached hydrogens (tertiary/aromatic N) is 2. The van der Waals surface area contributed by atoms with E-state index in [1.165, 1.54) is 39.2 Å². The summed E-state index contributed by atoms with van der Waals surface area (Å²) in [4.78, 5) is 34.8. The van der Waals surface area contributed by atoms with Gasteiger partial charge in [-0.1, -0.05) is 6.92 Å². The number of carboxylic acids is 1. The molecule has 0 saturated carbocycles. The van der Waals surface area contributed by atoms with Crippen molar-refractivity contribution in [2.24, 2.45) is 5.92 Å². The zero-order chi connectivity index (χ0) is 17.7. The smallest absolute Gasteiger partial charge is 0.315 e. The highest BCUT2D eigenvalue weighted by molar-refractivity contribution is 5.96. The predicted octanol–water partition coefficient (Wildman–Crippen LogP) is 1.40. The van der Waals surface area contributed by atoms with Crippen LogP contribution in [0, 0.1) is 16.0 Å². The summed E-state index contributed by atoms with van der Waals surface area (Å²) in [7, 11) is 3.98. The number of benzene rings is 1. The van der Waals surface area contributed by atoms with Crippen molar-refractivity contribution in [2.75, 3.05) is 27.8 Å². The first-order valence-electron chi connectivity index (χ1n) is 6.61. The van der Waals surface area contributed by atoms with E-state index in [-0.39, 0.29) is 23.6 Å². The van der Waals surface area contributed by atoms with Crippen molar-refractivity contribution >= 4 is 17.6 Å². The van der Waals surface area contributed by atoms with E-state index in [1.54, 1.807) is 0 Å². The van der Waals surface area contributed by atoms with Crippen LogP contribution in [-0.2, 0) is 4.79 Å². The van der Waals surface area contributed by atoms with Crippen LogP contribution in [0.15, 0.2) is 12.1 Å². The fourth-order valence-corrected chi connectivity index (χ4v) is 2.00. The Bertz CT molecular complexity index is 630. The van der Waals surface area contributed by atoms with Gasteiger partial charge in [-0.3, -0.25) is 19.7 Å². The van der Waals surface area contributed by atoms with Gasteiger partial charge in [0.1, 0.15) is 0 Å². The number of carbonyl (C=O) groups is 2. The Morgan fingerprint density at radius 1 is 1.35 bits per heavy atom. The molecule has 1 aromatic rings. The first-order valence-corrected chi connectivity index (χ1v) is 6.61. The van der Waals surface area contributed by atoms with Crippen molar-refractivity contribution in [1.82, 2.24) is 4.90 Å². The normalized spacial score (nSPS) is 11.5. The summed E-state index contributed by atoms with van der Waals surface area (Å²) in [5.74, 6) is -2.40. The molecule has 1 rings (SSSR count). The van der Waals surface area contributed by atoms with Crippen molar-refractivity contribution < 1.29 is 29.1 Å². The number of hydrogen-bond donors (Lipinski definition) is 1. The lowest BCUT2D eigenvalue weighted by Crippen LogP contribution is -2.33. The molecular weight excluding hydrogens is 308 g/mol. The number of amides is 1. The van der Waals surface area contributed by atoms with E-state index in [0.717, 1.165) is 6.07 Å². The number of hydrogen-bond acceptors (Lipinski definition) is 6. The summed E-state index contributed by atoms with van der Waals surface area (Å²) in [6.07, 6.45) is 0. The molecule has 0 aliphatic carbocycles. The van der Waals surface area contributed by atoms with Crippen LogP contribution in [-0.4, -0.2) is 54.6 Å². The monoisotopic (exact) mass is 326 g/mol. The quantitative estimate of drug-likeness (QED) is 0.594. The van der Waals surface area contributed by atoms with Gasteiger partial charge in [-0.25, -0.2) is 0 Å². The van der Waals surface area contributed by atoms with E-state index < -0.39 is 28.4 Å². The second-order valence-corrected chi connectivity index (χ2v) is 4.91. The third-order valence-corrected chi connectivity index (χ3v) is 3.22. The van der Waals surface area contributed by atoms with Crippen molar-refractivity contribution in [3.05, 3.63) is 27.8 Å². The molecule has 1 amide bonds. The fraction of sp³-hybridized carbons (Fsp3) is 0.429. The molecule has 0 bridgehead atoms. The van der Waals surface area contributed by atoms with E-state index in [2.05, 4.69) is 0 Å². The molecular formula is C14H18N2O7. The van der Waals surface area contributed by atoms with Crippen LogP contribution in [0.3, 0.4) is 0 Å². The summed E-state index contributed by atoms with van der Waals surface area (Å²) in [5, 5.41) is 20.0. The molecule has 0 radical (unpaired) electrons. The van der Waals surface area contributed by atoms with Crippen LogP contribution < -0.4 is 9.47 Å². The van der Waals surface area contributed by atoms with Gasteiger partial charge in [0, 0.05) is 19.7 Å². The van der Waals surface area contributed by atoms with E-state index in [0.29, 0.717) is 0 Å². The van der Waals surface area contributed by atoms with Crippen molar-refractivity contribution in [3.8, 4) is 11.5 Å². The second-order valence-electron chi connectivity index (χ2n) is 4.91. The molecule has 1 aromatic carbocycles. The Balaban J connectivity index is 3.21. The van der Waals surface area contributed by atoms with E-state index in [1.807, 2.05) is 0 Å². The summed E-state index contributed by atoms with van der Waals surface area (Å²) < 4.78 is 9.97. The molecule has 1 unspecified atom stereocenters. The molecule has 0 aliphatic heterocycles. The highest BCUT2D eigenvalue weighted by atomic mass is 16.6. The molecule has 9 nitrogen and oxygen atoms in total. The maximum absolute atomic E-state index is 12.4. The lowest BCUT2D eigenvalue weighted by atomic mass is 10.1. The number of nitro benzene ring substituents is 1. The van der Waals surface area contributed by atoms with E-state index >= 15 is 0 Å². The molecule has 0 aromatic heterocycles. The van der Waals surface area contributed by atoms with Gasteiger partial charge >= 0.3 is 11.7 Å². The molecule has 0 spiro atoms. The van der Waals surface area contributed by atoms with E-state index in [4.69, 9.17) is 14.6 Å². The Morgan fingerprint density at radius 2 is 1.96 bits per heavy atom. The lowest BCUT2D eigenvalue weighted by Gasteiger charge is -2.20. The number of carbonyl (C=O) groups excluding carboxylic acids is 1. The van der Waals surface area contributed by atoms with Gasteiger partial charge in [0.25, 0.3) is 5.91 Å². The van der Waals surface area contributed by atoms with Crippen molar-refractivity contribution in [2.45, 2.75) is 6.92 Å². The fourth-order valence-electron chi connectivity index (χ4n) is 2.00. The Labute approximate surface area is 132 Å². The molecule has 1 atom stereocenters. The number of rotatable bonds is 7. The van der Waals surface area contributed by atoms with Gasteiger partial charge in [-0.2, -0.15) is 0 Å². The van der Waals surface area contributed by atoms with Crippen LogP contribution in [0.1, 0.15) is 17.3 Å². The minimum atomic E-state index is -1.04. The highest BCUT2D eigenvalue weighted by Crippen LogP contribution is 2.38. The summed E-state index contributed by atoms with van der Waals surface area (Å²) >= 11 is 0. The topological polar surface area (TPSA) is 119 Å². The molecule has 0 heterocycles. The second kappa shape index (κ2) is 7.43. The standard InChI is InChI=1S/C14H18N2O7/c1-8(14(18)19)7-15(2)13(17)9-5-10(16(20)21)12(23-4)11(6-9)22-3/h5-6,8H,7H2,1-4H3,(H,18,19). The maximum atomic E-state index is 12.4. The number of methoxy groups -OCH3 is 2. The van der Waals surface area contributed by atoms with Gasteiger partial charge in [-0.15, -0.1) is 0 Å². The predicted molar refractivity (Wildman–Crippen MR) is 80.0 cm³/mol. The minimum absolute atomic E-state index is 0.00874. The highest BCUT2D eigenvalue weighted by Gasteiger charge is 2.26. The summed E-state index contributed by atoms with van der Waals surface area (Å²) in [6.45, 7) is 1.43. The first-order chi connectivity index (χ1) is 10.7. The molecule has 0 saturated heterocycles. The van der Waals surface area contributed by atoms with Crippen LogP contribution in [0.25, 0.3) is 0 Å². The van der Waals surface area contributed by atoms with Crippen LogP contribution >= 0.6 is 0 Å². The van der Waals surface area contributed by atoms with Gasteiger partial charge in [-0.05, 0) is 6.07 Å². The Hall–Kier alpha value is -2.84. The third kappa shape index (κ3) is 4.09.